The highest BCUT2D eigenvalue weighted by Crippen LogP contribution is 2.41. The van der Waals surface area contributed by atoms with Crippen LogP contribution in [-0.4, -0.2) is 34.0 Å². The summed E-state index contributed by atoms with van der Waals surface area (Å²) in [5.41, 5.74) is 1.15. The van der Waals surface area contributed by atoms with E-state index in [9.17, 15) is 9.90 Å². The lowest BCUT2D eigenvalue weighted by Gasteiger charge is -2.35. The van der Waals surface area contributed by atoms with Crippen LogP contribution in [0.2, 0.25) is 0 Å². The van der Waals surface area contributed by atoms with Crippen molar-refractivity contribution in [3.63, 3.8) is 0 Å². The molecular weight excluding hydrogens is 310 g/mol. The quantitative estimate of drug-likeness (QED) is 0.252. The Labute approximate surface area is 135 Å². The van der Waals surface area contributed by atoms with Gasteiger partial charge in [0.05, 0.1) is 28.7 Å². The number of rotatable bonds is 7. The maximum Gasteiger partial charge on any atom is 0.315 e. The molecule has 2 unspecified atom stereocenters. The minimum atomic E-state index is -1.12. The molecule has 1 aliphatic carbocycles. The highest BCUT2D eigenvalue weighted by molar-refractivity contribution is 8.11. The second kappa shape index (κ2) is 8.01. The van der Waals surface area contributed by atoms with E-state index in [1.54, 1.807) is 23.8 Å². The normalized spacial score (nSPS) is 25.9. The van der Waals surface area contributed by atoms with Gasteiger partial charge in [-0.2, -0.15) is 0 Å². The lowest BCUT2D eigenvalue weighted by Crippen LogP contribution is -2.43. The Hall–Kier alpha value is -0.780. The molecule has 0 aliphatic heterocycles. The summed E-state index contributed by atoms with van der Waals surface area (Å²) in [6.07, 6.45) is 5.27. The molecule has 0 heterocycles. The van der Waals surface area contributed by atoms with Gasteiger partial charge < -0.3 is 9.84 Å². The molecule has 0 amide bonds. The molecule has 0 saturated carbocycles. The number of hydrogen-bond acceptors (Lipinski definition) is 4. The van der Waals surface area contributed by atoms with Crippen LogP contribution in [0.3, 0.4) is 0 Å². The third-order valence-corrected chi connectivity index (χ3v) is 4.38. The zero-order valence-electron chi connectivity index (χ0n) is 12.7. The molecule has 21 heavy (non-hydrogen) atoms. The monoisotopic (exact) mass is 331 g/mol. The Morgan fingerprint density at radius 2 is 2.24 bits per heavy atom. The maximum absolute atomic E-state index is 11.7. The predicted molar refractivity (Wildman–Crippen MR) is 88.9 cm³/mol. The van der Waals surface area contributed by atoms with E-state index < -0.39 is 16.8 Å². The fraction of sp³-hybridized carbons (Fsp3) is 0.600. The molecule has 118 valence electrons. The topological polar surface area (TPSA) is 58.9 Å². The largest absolute Gasteiger partial charge is 0.481 e. The molecule has 1 N–H and O–H groups in total. The first-order valence-electron chi connectivity index (χ1n) is 6.85. The molecule has 2 atom stereocenters. The van der Waals surface area contributed by atoms with Crippen molar-refractivity contribution in [2.75, 3.05) is 5.94 Å². The van der Waals surface area contributed by atoms with Gasteiger partial charge in [-0.05, 0) is 31.9 Å². The molecule has 0 aromatic rings. The van der Waals surface area contributed by atoms with Crippen molar-refractivity contribution in [3.05, 3.63) is 23.9 Å². The number of hydrogen-bond donors (Lipinski definition) is 1. The number of carboxylic acids is 1. The maximum atomic E-state index is 11.7. The second-order valence-electron chi connectivity index (χ2n) is 5.46. The molecule has 0 spiro atoms. The summed E-state index contributed by atoms with van der Waals surface area (Å²) in [7, 11) is 0. The van der Waals surface area contributed by atoms with Crippen LogP contribution in [-0.2, 0) is 9.53 Å². The summed E-state index contributed by atoms with van der Waals surface area (Å²) in [5.74, 6) is -0.542. The van der Waals surface area contributed by atoms with Gasteiger partial charge in [0.15, 0.2) is 0 Å². The molecular formula is C15H22ClNO3S. The van der Waals surface area contributed by atoms with E-state index in [1.165, 1.54) is 11.8 Å². The minimum Gasteiger partial charge on any atom is -0.481 e. The van der Waals surface area contributed by atoms with Gasteiger partial charge in [0.1, 0.15) is 5.41 Å². The van der Waals surface area contributed by atoms with Crippen LogP contribution in [0, 0.1) is 11.3 Å². The van der Waals surface area contributed by atoms with Gasteiger partial charge in [0, 0.05) is 0 Å². The molecule has 6 heteroatoms. The Bertz CT molecular complexity index is 460. The van der Waals surface area contributed by atoms with E-state index in [2.05, 4.69) is 4.99 Å². The third kappa shape index (κ3) is 4.59. The van der Waals surface area contributed by atoms with Crippen molar-refractivity contribution in [3.8, 4) is 0 Å². The Kier molecular flexibility index (Phi) is 6.97. The molecule has 0 aromatic heterocycles. The first-order chi connectivity index (χ1) is 9.80. The van der Waals surface area contributed by atoms with Gasteiger partial charge in [-0.15, -0.1) is 11.6 Å². The van der Waals surface area contributed by atoms with Crippen LogP contribution < -0.4 is 0 Å². The van der Waals surface area contributed by atoms with Gasteiger partial charge >= 0.3 is 5.97 Å². The van der Waals surface area contributed by atoms with Crippen molar-refractivity contribution >= 4 is 34.9 Å². The number of ether oxygens (including phenoxy) is 1. The van der Waals surface area contributed by atoms with E-state index in [0.717, 1.165) is 0 Å². The average Bonchev–Trinajstić information content (AvgIpc) is 2.39. The Morgan fingerprint density at radius 1 is 1.57 bits per heavy atom. The summed E-state index contributed by atoms with van der Waals surface area (Å²) in [6, 6.07) is 0. The van der Waals surface area contributed by atoms with Gasteiger partial charge in [-0.1, -0.05) is 31.7 Å². The molecule has 0 radical (unpaired) electrons. The molecule has 1 rings (SSSR count). The number of aliphatic imine (C=N–C) groups is 1. The highest BCUT2D eigenvalue weighted by Gasteiger charge is 2.46. The van der Waals surface area contributed by atoms with E-state index >= 15 is 0 Å². The highest BCUT2D eigenvalue weighted by atomic mass is 35.5. The molecule has 0 fully saturated rings. The van der Waals surface area contributed by atoms with Crippen LogP contribution in [0.1, 0.15) is 27.7 Å². The Morgan fingerprint density at radius 3 is 2.76 bits per heavy atom. The lowest BCUT2D eigenvalue weighted by molar-refractivity contribution is -0.148. The van der Waals surface area contributed by atoms with E-state index in [0.29, 0.717) is 11.6 Å². The number of thioether (sulfide) groups is 1. The number of carboxylic acid groups (broad SMARTS) is 1. The average molecular weight is 332 g/mol. The summed E-state index contributed by atoms with van der Waals surface area (Å²) in [4.78, 5) is 16.0. The second-order valence-corrected chi connectivity index (χ2v) is 6.71. The van der Waals surface area contributed by atoms with Crippen molar-refractivity contribution in [1.82, 2.24) is 0 Å². The fourth-order valence-electron chi connectivity index (χ4n) is 2.01. The number of alkyl halides is 1. The summed E-state index contributed by atoms with van der Waals surface area (Å²) >= 11 is 7.65. The number of aliphatic carboxylic acids is 1. The first-order valence-corrected chi connectivity index (χ1v) is 8.33. The Balaban J connectivity index is 2.81. The van der Waals surface area contributed by atoms with Crippen molar-refractivity contribution in [2.45, 2.75) is 39.2 Å². The lowest BCUT2D eigenvalue weighted by atomic mass is 9.71. The molecule has 0 bridgehead atoms. The SMILES string of the molecule is CC(C)OCS/C=N/C1=CC(C(=O)O)(C(C)C)C(Cl)C=C1. The number of carbonyl (C=O) groups is 1. The van der Waals surface area contributed by atoms with Crippen LogP contribution in [0.5, 0.6) is 0 Å². The zero-order chi connectivity index (χ0) is 16.0. The third-order valence-electron chi connectivity index (χ3n) is 3.35. The molecule has 1 aliphatic rings. The smallest absolute Gasteiger partial charge is 0.315 e. The van der Waals surface area contributed by atoms with Crippen molar-refractivity contribution in [2.24, 2.45) is 16.3 Å². The zero-order valence-corrected chi connectivity index (χ0v) is 14.3. The predicted octanol–water partition coefficient (Wildman–Crippen LogP) is 3.92. The van der Waals surface area contributed by atoms with E-state index in [4.69, 9.17) is 16.3 Å². The molecule has 4 nitrogen and oxygen atoms in total. The molecule has 0 aromatic carbocycles. The number of halogens is 1. The van der Waals surface area contributed by atoms with Crippen molar-refractivity contribution in [1.29, 1.82) is 0 Å². The van der Waals surface area contributed by atoms with Gasteiger partial charge in [-0.3, -0.25) is 9.79 Å². The summed E-state index contributed by atoms with van der Waals surface area (Å²) < 4.78 is 5.38. The van der Waals surface area contributed by atoms with E-state index in [1.807, 2.05) is 27.7 Å². The van der Waals surface area contributed by atoms with Crippen LogP contribution >= 0.6 is 23.4 Å². The van der Waals surface area contributed by atoms with E-state index in [-0.39, 0.29) is 12.0 Å². The van der Waals surface area contributed by atoms with Gasteiger partial charge in [0.2, 0.25) is 0 Å². The van der Waals surface area contributed by atoms with Gasteiger partial charge in [-0.25, -0.2) is 0 Å². The summed E-state index contributed by atoms with van der Waals surface area (Å²) in [6.45, 7) is 7.64. The molecule has 0 saturated heterocycles. The minimum absolute atomic E-state index is 0.135. The number of allylic oxidation sites excluding steroid dienone is 2. The van der Waals surface area contributed by atoms with Gasteiger partial charge in [0.25, 0.3) is 0 Å². The van der Waals surface area contributed by atoms with Crippen LogP contribution in [0.15, 0.2) is 28.9 Å². The standard InChI is InChI=1S/C15H22ClNO3S/c1-10(2)15(14(18)19)7-12(5-6-13(15)16)17-8-21-9-20-11(3)4/h5-8,10-11,13H,9H2,1-4H3,(H,18,19)/b17-8+. The fourth-order valence-corrected chi connectivity index (χ4v) is 3.10. The summed E-state index contributed by atoms with van der Waals surface area (Å²) in [5, 5.41) is 9.00. The number of nitrogens with zero attached hydrogens (tertiary/aromatic N) is 1. The van der Waals surface area contributed by atoms with Crippen molar-refractivity contribution < 1.29 is 14.6 Å². The van der Waals surface area contributed by atoms with Crippen LogP contribution in [0.4, 0.5) is 0 Å². The van der Waals surface area contributed by atoms with Crippen LogP contribution in [0.25, 0.3) is 0 Å². The first kappa shape index (κ1) is 18.3.